The Morgan fingerprint density at radius 3 is 2.42 bits per heavy atom. The summed E-state index contributed by atoms with van der Waals surface area (Å²) in [5.41, 5.74) is 2.10. The van der Waals surface area contributed by atoms with Crippen LogP contribution in [0.3, 0.4) is 0 Å². The highest BCUT2D eigenvalue weighted by Crippen LogP contribution is 2.67. The van der Waals surface area contributed by atoms with E-state index in [0.29, 0.717) is 29.1 Å². The first-order valence-corrected chi connectivity index (χ1v) is 18.1. The van der Waals surface area contributed by atoms with Crippen LogP contribution in [0, 0.1) is 52.3 Å². The molecule has 10 atom stereocenters. The molecule has 0 spiro atoms. The van der Waals surface area contributed by atoms with E-state index >= 15 is 0 Å². The number of ether oxygens (including phenoxy) is 2. The maximum Gasteiger partial charge on any atom is 0.410 e. The van der Waals surface area contributed by atoms with E-state index in [4.69, 9.17) is 9.47 Å². The third-order valence-electron chi connectivity index (χ3n) is 13.0. The molecule has 0 bridgehead atoms. The van der Waals surface area contributed by atoms with Crippen LogP contribution in [-0.2, 0) is 9.47 Å². The summed E-state index contributed by atoms with van der Waals surface area (Å²) in [6.45, 7) is 18.2. The highest BCUT2D eigenvalue weighted by Gasteiger charge is 2.59. The predicted octanol–water partition coefficient (Wildman–Crippen LogP) is 8.37. The van der Waals surface area contributed by atoms with Crippen molar-refractivity contribution < 1.29 is 24.2 Å². The molecule has 0 aromatic carbocycles. The van der Waals surface area contributed by atoms with Gasteiger partial charge >= 0.3 is 12.2 Å². The monoisotopic (exact) mass is 628 g/mol. The summed E-state index contributed by atoms with van der Waals surface area (Å²) < 4.78 is 11.3. The van der Waals surface area contributed by atoms with Crippen molar-refractivity contribution in [2.24, 2.45) is 52.3 Å². The molecular formula is C38H64N2O5. The lowest BCUT2D eigenvalue weighted by Gasteiger charge is -2.58. The summed E-state index contributed by atoms with van der Waals surface area (Å²) in [6, 6.07) is -0.156. The molecule has 0 aromatic heterocycles. The van der Waals surface area contributed by atoms with Gasteiger partial charge in [-0.3, -0.25) is 0 Å². The van der Waals surface area contributed by atoms with Gasteiger partial charge in [0.05, 0.1) is 13.2 Å². The van der Waals surface area contributed by atoms with Crippen LogP contribution in [0.4, 0.5) is 9.59 Å². The molecule has 4 rings (SSSR count). The average molecular weight is 629 g/mol. The van der Waals surface area contributed by atoms with Gasteiger partial charge in [0.15, 0.2) is 0 Å². The highest BCUT2D eigenvalue weighted by atomic mass is 16.6. The third kappa shape index (κ3) is 7.44. The minimum atomic E-state index is -0.813. The van der Waals surface area contributed by atoms with Crippen molar-refractivity contribution in [3.8, 4) is 0 Å². The molecule has 7 nitrogen and oxygen atoms in total. The number of amides is 2. The number of alkyl carbamates (subject to hydrolysis) is 1. The first kappa shape index (κ1) is 35.8. The Bertz CT molecular complexity index is 1090. The van der Waals surface area contributed by atoms with Gasteiger partial charge < -0.3 is 24.8 Å². The molecule has 0 aliphatic heterocycles. The van der Waals surface area contributed by atoms with E-state index < -0.39 is 18.3 Å². The number of rotatable bonds is 11. The number of allylic oxidation sites excluding steroid dienone is 3. The number of aliphatic hydroxyl groups excluding tert-OH is 1. The minimum absolute atomic E-state index is 0.0871. The van der Waals surface area contributed by atoms with Crippen molar-refractivity contribution in [1.29, 1.82) is 0 Å². The lowest BCUT2D eigenvalue weighted by atomic mass is 9.47. The molecule has 2 amide bonds. The normalized spacial score (nSPS) is 34.8. The van der Waals surface area contributed by atoms with Gasteiger partial charge in [0.1, 0.15) is 12.2 Å². The van der Waals surface area contributed by atoms with Crippen molar-refractivity contribution in [3.63, 3.8) is 0 Å². The molecule has 0 saturated heterocycles. The topological polar surface area (TPSA) is 88.1 Å². The maximum atomic E-state index is 13.3. The summed E-state index contributed by atoms with van der Waals surface area (Å²) >= 11 is 0. The zero-order valence-corrected chi connectivity index (χ0v) is 29.8. The molecule has 0 radical (unpaired) electrons. The Kier molecular flexibility index (Phi) is 11.8. The molecule has 4 unspecified atom stereocenters. The van der Waals surface area contributed by atoms with Crippen LogP contribution in [0.2, 0.25) is 0 Å². The number of hydrogen-bond donors (Lipinski definition) is 2. The van der Waals surface area contributed by atoms with Crippen molar-refractivity contribution in [3.05, 3.63) is 23.8 Å². The first-order valence-electron chi connectivity index (χ1n) is 18.1. The molecule has 0 aromatic rings. The molecule has 45 heavy (non-hydrogen) atoms. The van der Waals surface area contributed by atoms with E-state index in [-0.39, 0.29) is 30.7 Å². The summed E-state index contributed by atoms with van der Waals surface area (Å²) in [5.74, 6) is 5.04. The van der Waals surface area contributed by atoms with Crippen LogP contribution < -0.4 is 5.32 Å². The van der Waals surface area contributed by atoms with Crippen LogP contribution >= 0.6 is 0 Å². The lowest BCUT2D eigenvalue weighted by Crippen LogP contribution is -2.51. The standard InChI is InChI=1S/C38H64N2O5/c1-10-27(24(2)3)12-11-26(6)32-15-16-33-31-14-13-28-21-29(17-19-37(28,7)34(31)18-20-38(32,33)8)45-36(43)40(25(4)5)22-30(23-41)44-35(42)39-9/h11-13,24-27,29-34,41H,10,14-23H2,1-9H3,(H,39,42)/b12-11+/t26-,27-,29+,30?,31?,32-,33?,34?,37+,38-/m1/s1. The Balaban J connectivity index is 1.41. The molecule has 4 aliphatic rings. The predicted molar refractivity (Wildman–Crippen MR) is 181 cm³/mol. The van der Waals surface area contributed by atoms with Gasteiger partial charge in [-0.15, -0.1) is 0 Å². The zero-order valence-electron chi connectivity index (χ0n) is 29.8. The van der Waals surface area contributed by atoms with Gasteiger partial charge in [-0.05, 0) is 117 Å². The summed E-state index contributed by atoms with van der Waals surface area (Å²) in [4.78, 5) is 26.6. The first-order chi connectivity index (χ1) is 21.3. The molecule has 4 aliphatic carbocycles. The van der Waals surface area contributed by atoms with Gasteiger partial charge in [0, 0.05) is 19.5 Å². The summed E-state index contributed by atoms with van der Waals surface area (Å²) in [5, 5.41) is 12.1. The molecule has 2 N–H and O–H groups in total. The fourth-order valence-electron chi connectivity index (χ4n) is 10.2. The van der Waals surface area contributed by atoms with Crippen molar-refractivity contribution in [1.82, 2.24) is 10.2 Å². The Morgan fingerprint density at radius 2 is 1.80 bits per heavy atom. The Labute approximate surface area is 273 Å². The van der Waals surface area contributed by atoms with Gasteiger partial charge in [-0.25, -0.2) is 9.59 Å². The highest BCUT2D eigenvalue weighted by molar-refractivity contribution is 5.69. The second-order valence-corrected chi connectivity index (χ2v) is 16.0. The summed E-state index contributed by atoms with van der Waals surface area (Å²) in [6.07, 6.45) is 16.1. The number of fused-ring (bicyclic) bond motifs is 5. The molecule has 7 heteroatoms. The van der Waals surface area contributed by atoms with Crippen LogP contribution in [0.15, 0.2) is 23.8 Å². The van der Waals surface area contributed by atoms with Crippen LogP contribution in [0.5, 0.6) is 0 Å². The van der Waals surface area contributed by atoms with E-state index in [1.165, 1.54) is 44.7 Å². The van der Waals surface area contributed by atoms with E-state index in [2.05, 4.69) is 65.1 Å². The van der Waals surface area contributed by atoms with Crippen LogP contribution in [-0.4, -0.2) is 60.6 Å². The van der Waals surface area contributed by atoms with Crippen molar-refractivity contribution in [2.45, 2.75) is 131 Å². The molecule has 0 heterocycles. The number of carbonyl (C=O) groups excluding carboxylic acids is 2. The maximum absolute atomic E-state index is 13.3. The Morgan fingerprint density at radius 1 is 1.07 bits per heavy atom. The van der Waals surface area contributed by atoms with Crippen LogP contribution in [0.1, 0.15) is 113 Å². The second kappa shape index (κ2) is 14.8. The quantitative estimate of drug-likeness (QED) is 0.225. The van der Waals surface area contributed by atoms with E-state index in [0.717, 1.165) is 43.4 Å². The number of carbonyl (C=O) groups is 2. The van der Waals surface area contributed by atoms with E-state index in [1.54, 1.807) is 4.90 Å². The third-order valence-corrected chi connectivity index (χ3v) is 13.0. The van der Waals surface area contributed by atoms with Gasteiger partial charge in [-0.2, -0.15) is 0 Å². The fraction of sp³-hybridized carbons (Fsp3) is 0.842. The second-order valence-electron chi connectivity index (χ2n) is 16.0. The number of hydrogen-bond acceptors (Lipinski definition) is 5. The number of aliphatic hydroxyl groups is 1. The molecule has 3 saturated carbocycles. The lowest BCUT2D eigenvalue weighted by molar-refractivity contribution is -0.0574. The van der Waals surface area contributed by atoms with Gasteiger partial charge in [-0.1, -0.05) is 65.3 Å². The Hall–Kier alpha value is -2.02. The zero-order chi connectivity index (χ0) is 33.1. The fourth-order valence-corrected chi connectivity index (χ4v) is 10.2. The average Bonchev–Trinajstić information content (AvgIpc) is 3.36. The van der Waals surface area contributed by atoms with Gasteiger partial charge in [0.2, 0.25) is 0 Å². The van der Waals surface area contributed by atoms with Gasteiger partial charge in [0.25, 0.3) is 0 Å². The number of nitrogens with zero attached hydrogens (tertiary/aromatic N) is 1. The number of nitrogens with one attached hydrogen (secondary N) is 1. The largest absolute Gasteiger partial charge is 0.446 e. The minimum Gasteiger partial charge on any atom is -0.446 e. The van der Waals surface area contributed by atoms with E-state index in [9.17, 15) is 14.7 Å². The molecule has 3 fully saturated rings. The smallest absolute Gasteiger partial charge is 0.410 e. The van der Waals surface area contributed by atoms with Crippen LogP contribution in [0.25, 0.3) is 0 Å². The molecular weight excluding hydrogens is 564 g/mol. The van der Waals surface area contributed by atoms with Crippen molar-refractivity contribution in [2.75, 3.05) is 20.2 Å². The van der Waals surface area contributed by atoms with Crippen molar-refractivity contribution >= 4 is 12.2 Å². The SMILES string of the molecule is CC[C@H](/C=C/[C@@H](C)[C@H]1CCC2C3CC=C4C[C@@H](OC(=O)N(CC(CO)OC(=O)NC)C(C)C)CC[C@]4(C)C3CC[C@@]21C)C(C)C. The molecule has 256 valence electrons. The van der Waals surface area contributed by atoms with E-state index in [1.807, 2.05) is 13.8 Å². The summed E-state index contributed by atoms with van der Waals surface area (Å²) in [7, 11) is 1.47.